The minimum Gasteiger partial charge on any atom is -0.0898 e. The van der Waals surface area contributed by atoms with E-state index in [2.05, 4.69) is 75.1 Å². The summed E-state index contributed by atoms with van der Waals surface area (Å²) < 4.78 is 0. The predicted octanol–water partition coefficient (Wildman–Crippen LogP) is 4.69. The molecule has 0 aliphatic carbocycles. The zero-order chi connectivity index (χ0) is 13.2. The molecule has 0 atom stereocenters. The molecule has 0 amide bonds. The topological polar surface area (TPSA) is 0 Å². The SMILES string of the molecule is Cc1ccccc1Sc1ccc([Si](C)(C)C)cc1. The van der Waals surface area contributed by atoms with Gasteiger partial charge in [-0.15, -0.1) is 0 Å². The lowest BCUT2D eigenvalue weighted by atomic mass is 10.2. The first-order valence-corrected chi connectivity index (χ1v) is 10.6. The van der Waals surface area contributed by atoms with Crippen molar-refractivity contribution in [1.82, 2.24) is 0 Å². The first kappa shape index (κ1) is 13.4. The second-order valence-electron chi connectivity index (χ2n) is 5.64. The van der Waals surface area contributed by atoms with Gasteiger partial charge in [-0.3, -0.25) is 0 Å². The van der Waals surface area contributed by atoms with Crippen molar-refractivity contribution < 1.29 is 0 Å². The number of benzene rings is 2. The molecule has 0 unspecified atom stereocenters. The van der Waals surface area contributed by atoms with Crippen LogP contribution in [0, 0.1) is 6.92 Å². The lowest BCUT2D eigenvalue weighted by molar-refractivity contribution is 1.29. The van der Waals surface area contributed by atoms with Gasteiger partial charge in [0.25, 0.3) is 0 Å². The van der Waals surface area contributed by atoms with Crippen LogP contribution in [0.25, 0.3) is 0 Å². The van der Waals surface area contributed by atoms with Gasteiger partial charge in [-0.25, -0.2) is 0 Å². The maximum atomic E-state index is 2.39. The van der Waals surface area contributed by atoms with E-state index < -0.39 is 8.07 Å². The van der Waals surface area contributed by atoms with Crippen LogP contribution in [0.2, 0.25) is 19.6 Å². The van der Waals surface area contributed by atoms with Crippen LogP contribution in [0.3, 0.4) is 0 Å². The van der Waals surface area contributed by atoms with E-state index in [-0.39, 0.29) is 0 Å². The molecule has 0 N–H and O–H groups in total. The van der Waals surface area contributed by atoms with E-state index in [4.69, 9.17) is 0 Å². The molecule has 2 aromatic carbocycles. The maximum absolute atomic E-state index is 2.39. The molecule has 2 aromatic rings. The first-order chi connectivity index (χ1) is 8.47. The Morgan fingerprint density at radius 1 is 0.833 bits per heavy atom. The standard InChI is InChI=1S/C16H20SSi/c1-13-7-5-6-8-16(13)17-14-9-11-15(12-10-14)18(2,3)4/h5-12H,1-4H3. The summed E-state index contributed by atoms with van der Waals surface area (Å²) in [5, 5.41) is 1.52. The third kappa shape index (κ3) is 3.27. The molecule has 0 radical (unpaired) electrons. The fourth-order valence-corrected chi connectivity index (χ4v) is 3.89. The highest BCUT2D eigenvalue weighted by atomic mass is 32.2. The Hall–Kier alpha value is -0.993. The summed E-state index contributed by atoms with van der Waals surface area (Å²) in [6.45, 7) is 9.32. The highest BCUT2D eigenvalue weighted by Gasteiger charge is 2.15. The van der Waals surface area contributed by atoms with Gasteiger partial charge in [-0.05, 0) is 30.7 Å². The molecule has 94 valence electrons. The van der Waals surface area contributed by atoms with Crippen LogP contribution in [0.15, 0.2) is 58.3 Å². The Morgan fingerprint density at radius 3 is 2.00 bits per heavy atom. The van der Waals surface area contributed by atoms with Crippen molar-refractivity contribution >= 4 is 25.0 Å². The number of hydrogen-bond donors (Lipinski definition) is 0. The van der Waals surface area contributed by atoms with E-state index in [9.17, 15) is 0 Å². The molecule has 2 rings (SSSR count). The second-order valence-corrected chi connectivity index (χ2v) is 11.8. The van der Waals surface area contributed by atoms with Gasteiger partial charge in [0.05, 0.1) is 8.07 Å². The molecular weight excluding hydrogens is 252 g/mol. The third-order valence-electron chi connectivity index (χ3n) is 3.04. The van der Waals surface area contributed by atoms with Gasteiger partial charge in [0.15, 0.2) is 0 Å². The minimum absolute atomic E-state index is 1.17. The van der Waals surface area contributed by atoms with E-state index >= 15 is 0 Å². The van der Waals surface area contributed by atoms with Crippen molar-refractivity contribution in [2.24, 2.45) is 0 Å². The zero-order valence-corrected chi connectivity index (χ0v) is 13.3. The van der Waals surface area contributed by atoms with Crippen molar-refractivity contribution in [2.75, 3.05) is 0 Å². The molecule has 0 nitrogen and oxygen atoms in total. The molecule has 2 heteroatoms. The van der Waals surface area contributed by atoms with Crippen molar-refractivity contribution in [3.63, 3.8) is 0 Å². The summed E-state index contributed by atoms with van der Waals surface area (Å²) in [7, 11) is -1.17. The Labute approximate surface area is 115 Å². The van der Waals surface area contributed by atoms with E-state index in [0.717, 1.165) is 0 Å². The van der Waals surface area contributed by atoms with Crippen LogP contribution < -0.4 is 5.19 Å². The summed E-state index contributed by atoms with van der Waals surface area (Å²) in [6.07, 6.45) is 0. The van der Waals surface area contributed by atoms with E-state index in [1.807, 2.05) is 11.8 Å². The molecule has 0 spiro atoms. The Morgan fingerprint density at radius 2 is 1.44 bits per heavy atom. The summed E-state index contributed by atoms with van der Waals surface area (Å²) in [5.74, 6) is 0. The van der Waals surface area contributed by atoms with Crippen LogP contribution in [-0.2, 0) is 0 Å². The van der Waals surface area contributed by atoms with E-state index in [1.54, 1.807) is 0 Å². The van der Waals surface area contributed by atoms with E-state index in [1.165, 1.54) is 20.5 Å². The molecule has 0 aliphatic heterocycles. The van der Waals surface area contributed by atoms with Crippen LogP contribution >= 0.6 is 11.8 Å². The third-order valence-corrected chi connectivity index (χ3v) is 6.29. The molecule has 18 heavy (non-hydrogen) atoms. The van der Waals surface area contributed by atoms with Crippen molar-refractivity contribution in [3.8, 4) is 0 Å². The molecule has 0 fully saturated rings. The molecule has 0 bridgehead atoms. The van der Waals surface area contributed by atoms with Crippen molar-refractivity contribution in [3.05, 3.63) is 54.1 Å². The van der Waals surface area contributed by atoms with Crippen LogP contribution in [-0.4, -0.2) is 8.07 Å². The largest absolute Gasteiger partial charge is 0.0898 e. The Kier molecular flexibility index (Phi) is 3.98. The lowest BCUT2D eigenvalue weighted by Gasteiger charge is -2.16. The van der Waals surface area contributed by atoms with Gasteiger partial charge >= 0.3 is 0 Å². The number of hydrogen-bond acceptors (Lipinski definition) is 1. The number of aryl methyl sites for hydroxylation is 1. The smallest absolute Gasteiger partial charge is 0.0775 e. The summed E-state index contributed by atoms with van der Waals surface area (Å²) in [6, 6.07) is 17.7. The number of rotatable bonds is 3. The minimum atomic E-state index is -1.17. The summed E-state index contributed by atoms with van der Waals surface area (Å²) in [4.78, 5) is 2.67. The van der Waals surface area contributed by atoms with Crippen LogP contribution in [0.4, 0.5) is 0 Å². The molecule has 0 saturated heterocycles. The van der Waals surface area contributed by atoms with Gasteiger partial charge in [0, 0.05) is 9.79 Å². The average molecular weight is 272 g/mol. The van der Waals surface area contributed by atoms with Gasteiger partial charge in [-0.1, -0.05) is 66.9 Å². The fourth-order valence-electron chi connectivity index (χ4n) is 1.82. The highest BCUT2D eigenvalue weighted by molar-refractivity contribution is 7.99. The molecule has 0 heterocycles. The van der Waals surface area contributed by atoms with Gasteiger partial charge < -0.3 is 0 Å². The quantitative estimate of drug-likeness (QED) is 0.730. The highest BCUT2D eigenvalue weighted by Crippen LogP contribution is 2.29. The van der Waals surface area contributed by atoms with Gasteiger partial charge in [-0.2, -0.15) is 0 Å². The Bertz CT molecular complexity index is 524. The van der Waals surface area contributed by atoms with E-state index in [0.29, 0.717) is 0 Å². The van der Waals surface area contributed by atoms with Crippen molar-refractivity contribution in [2.45, 2.75) is 36.4 Å². The first-order valence-electron chi connectivity index (χ1n) is 6.31. The lowest BCUT2D eigenvalue weighted by Crippen LogP contribution is -2.37. The zero-order valence-electron chi connectivity index (χ0n) is 11.5. The monoisotopic (exact) mass is 272 g/mol. The van der Waals surface area contributed by atoms with Crippen LogP contribution in [0.5, 0.6) is 0 Å². The maximum Gasteiger partial charge on any atom is 0.0775 e. The molecular formula is C16H20SSi. The second kappa shape index (κ2) is 5.33. The molecule has 0 aromatic heterocycles. The van der Waals surface area contributed by atoms with Crippen molar-refractivity contribution in [1.29, 1.82) is 0 Å². The normalized spacial score (nSPS) is 11.6. The summed E-state index contributed by atoms with van der Waals surface area (Å²) in [5.41, 5.74) is 1.34. The van der Waals surface area contributed by atoms with Gasteiger partial charge in [0.1, 0.15) is 0 Å². The van der Waals surface area contributed by atoms with Crippen LogP contribution in [0.1, 0.15) is 5.56 Å². The Balaban J connectivity index is 2.19. The average Bonchev–Trinajstić information content (AvgIpc) is 2.32. The fraction of sp³-hybridized carbons (Fsp3) is 0.250. The summed E-state index contributed by atoms with van der Waals surface area (Å²) >= 11 is 1.85. The molecule has 0 aliphatic rings. The van der Waals surface area contributed by atoms with Gasteiger partial charge in [0.2, 0.25) is 0 Å². The molecule has 0 saturated carbocycles. The predicted molar refractivity (Wildman–Crippen MR) is 84.7 cm³/mol.